The van der Waals surface area contributed by atoms with E-state index < -0.39 is 0 Å². The molecule has 0 radical (unpaired) electrons. The topological polar surface area (TPSA) is 22.3 Å². The molecule has 3 aromatic carbocycles. The van der Waals surface area contributed by atoms with Crippen LogP contribution in [0.3, 0.4) is 0 Å². The van der Waals surface area contributed by atoms with Gasteiger partial charge in [-0.3, -0.25) is 0 Å². The van der Waals surface area contributed by atoms with Crippen LogP contribution in [-0.4, -0.2) is 14.2 Å². The van der Waals surface area contributed by atoms with E-state index in [1.807, 2.05) is 23.9 Å². The minimum absolute atomic E-state index is 0. The summed E-state index contributed by atoms with van der Waals surface area (Å²) in [6.45, 7) is 0. The zero-order chi connectivity index (χ0) is 17.8. The summed E-state index contributed by atoms with van der Waals surface area (Å²) in [6.07, 6.45) is 0. The summed E-state index contributed by atoms with van der Waals surface area (Å²) < 4.78 is 13.2. The number of nitrogens with zero attached hydrogens (tertiary/aromatic N) is 1. The van der Waals surface area contributed by atoms with Gasteiger partial charge in [-0.05, 0) is 35.9 Å². The van der Waals surface area contributed by atoms with E-state index in [-0.39, 0.29) is 12.4 Å². The molecule has 5 heteroatoms. The van der Waals surface area contributed by atoms with Gasteiger partial charge in [0, 0.05) is 21.4 Å². The Morgan fingerprint density at radius 2 is 1.56 bits per heavy atom. The van der Waals surface area contributed by atoms with Gasteiger partial charge in [0.2, 0.25) is 11.0 Å². The van der Waals surface area contributed by atoms with Gasteiger partial charge in [0.15, 0.2) is 0 Å². The number of aromatic nitrogens is 1. The largest absolute Gasteiger partial charge is 1.00 e. The van der Waals surface area contributed by atoms with Gasteiger partial charge in [-0.1, -0.05) is 23.9 Å². The Morgan fingerprint density at radius 1 is 0.815 bits per heavy atom. The van der Waals surface area contributed by atoms with E-state index in [9.17, 15) is 0 Å². The predicted molar refractivity (Wildman–Crippen MR) is 105 cm³/mol. The first kappa shape index (κ1) is 18.0. The lowest BCUT2D eigenvalue weighted by atomic mass is 9.98. The number of fused-ring (bicyclic) bond motifs is 4. The number of hydrogen-bond donors (Lipinski definition) is 0. The molecule has 0 atom stereocenters. The number of ether oxygens (including phenoxy) is 2. The second kappa shape index (κ2) is 6.63. The Kier molecular flexibility index (Phi) is 4.41. The van der Waals surface area contributed by atoms with Crippen molar-refractivity contribution < 1.29 is 26.4 Å². The molecule has 0 aliphatic carbocycles. The number of aryl methyl sites for hydroxylation is 1. The maximum absolute atomic E-state index is 5.46. The molecule has 0 bridgehead atoms. The summed E-state index contributed by atoms with van der Waals surface area (Å²) in [4.78, 5) is 2.57. The Labute approximate surface area is 168 Å². The quantitative estimate of drug-likeness (QED) is 0.337. The normalized spacial score (nSPS) is 11.8. The van der Waals surface area contributed by atoms with Gasteiger partial charge in [0.25, 0.3) is 0 Å². The molecule has 1 aliphatic rings. The minimum Gasteiger partial charge on any atom is -1.00 e. The molecule has 1 aromatic heterocycles. The Morgan fingerprint density at radius 3 is 2.33 bits per heavy atom. The maximum atomic E-state index is 5.46. The number of methoxy groups -OCH3 is 2. The van der Waals surface area contributed by atoms with Crippen molar-refractivity contribution in [1.29, 1.82) is 0 Å². The van der Waals surface area contributed by atoms with Gasteiger partial charge in [-0.25, -0.2) is 0 Å². The van der Waals surface area contributed by atoms with Gasteiger partial charge in [-0.15, -0.1) is 0 Å². The van der Waals surface area contributed by atoms with E-state index in [0.717, 1.165) is 11.5 Å². The van der Waals surface area contributed by atoms with Crippen LogP contribution in [0.15, 0.2) is 64.4 Å². The molecule has 27 heavy (non-hydrogen) atoms. The average Bonchev–Trinajstić information content (AvgIpc) is 2.70. The number of benzene rings is 3. The monoisotopic (exact) mass is 395 g/mol. The maximum Gasteiger partial charge on any atom is 0.217 e. The Hall–Kier alpha value is -2.43. The fourth-order valence-electron chi connectivity index (χ4n) is 3.81. The van der Waals surface area contributed by atoms with Crippen molar-refractivity contribution in [3.63, 3.8) is 0 Å². The van der Waals surface area contributed by atoms with Gasteiger partial charge in [0.1, 0.15) is 18.5 Å². The fraction of sp³-hybridized carbons (Fsp3) is 0.136. The first-order valence-corrected chi connectivity index (χ1v) is 9.31. The molecule has 0 unspecified atom stereocenters. The lowest BCUT2D eigenvalue weighted by molar-refractivity contribution is -0.617. The lowest BCUT2D eigenvalue weighted by Gasteiger charge is -2.21. The molecule has 0 saturated heterocycles. The van der Waals surface area contributed by atoms with Gasteiger partial charge in [-0.2, -0.15) is 4.57 Å². The number of rotatable bonds is 2. The SMILES string of the molecule is COc1ccc2c(c1)-c1cccc3c1c(c1ccc(OC)cc1[n+]3C)S2.[Cl-]. The van der Waals surface area contributed by atoms with E-state index in [1.165, 1.54) is 42.7 Å². The number of pyridine rings is 1. The highest BCUT2D eigenvalue weighted by molar-refractivity contribution is 8.00. The lowest BCUT2D eigenvalue weighted by Crippen LogP contribution is -3.00. The van der Waals surface area contributed by atoms with Crippen molar-refractivity contribution in [3.05, 3.63) is 54.6 Å². The third-order valence-electron chi connectivity index (χ3n) is 5.13. The number of hydrogen-bond acceptors (Lipinski definition) is 3. The summed E-state index contributed by atoms with van der Waals surface area (Å²) in [7, 11) is 5.55. The van der Waals surface area contributed by atoms with Crippen molar-refractivity contribution in [2.24, 2.45) is 7.05 Å². The minimum atomic E-state index is 0. The molecule has 0 N–H and O–H groups in total. The molecule has 3 nitrogen and oxygen atoms in total. The van der Waals surface area contributed by atoms with Crippen molar-refractivity contribution in [3.8, 4) is 22.6 Å². The summed E-state index contributed by atoms with van der Waals surface area (Å²) >= 11 is 1.84. The Bertz CT molecular complexity index is 1210. The van der Waals surface area contributed by atoms with Crippen LogP contribution in [-0.2, 0) is 7.05 Å². The summed E-state index contributed by atoms with van der Waals surface area (Å²) in [6, 6.07) is 19.2. The predicted octanol–water partition coefficient (Wildman–Crippen LogP) is 1.97. The molecule has 0 spiro atoms. The van der Waals surface area contributed by atoms with Crippen LogP contribution < -0.4 is 26.4 Å². The number of halogens is 1. The molecule has 0 amide bonds. The van der Waals surface area contributed by atoms with E-state index in [0.29, 0.717) is 0 Å². The fourth-order valence-corrected chi connectivity index (χ4v) is 5.04. The average molecular weight is 396 g/mol. The van der Waals surface area contributed by atoms with Crippen LogP contribution in [0.4, 0.5) is 0 Å². The molecule has 2 heterocycles. The third-order valence-corrected chi connectivity index (χ3v) is 6.33. The van der Waals surface area contributed by atoms with Crippen LogP contribution in [0.25, 0.3) is 32.9 Å². The van der Waals surface area contributed by atoms with Gasteiger partial charge in [0.05, 0.1) is 31.1 Å². The van der Waals surface area contributed by atoms with E-state index in [2.05, 4.69) is 54.1 Å². The highest BCUT2D eigenvalue weighted by atomic mass is 35.5. The van der Waals surface area contributed by atoms with Crippen LogP contribution in [0.5, 0.6) is 11.5 Å². The summed E-state index contributed by atoms with van der Waals surface area (Å²) in [5.41, 5.74) is 4.89. The van der Waals surface area contributed by atoms with Gasteiger partial charge < -0.3 is 21.9 Å². The van der Waals surface area contributed by atoms with Crippen molar-refractivity contribution >= 4 is 33.6 Å². The van der Waals surface area contributed by atoms with Gasteiger partial charge >= 0.3 is 0 Å². The molecule has 1 aliphatic heterocycles. The first-order chi connectivity index (χ1) is 12.7. The van der Waals surface area contributed by atoms with Crippen molar-refractivity contribution in [2.45, 2.75) is 9.79 Å². The van der Waals surface area contributed by atoms with Crippen LogP contribution in [0, 0.1) is 0 Å². The van der Waals surface area contributed by atoms with E-state index >= 15 is 0 Å². The highest BCUT2D eigenvalue weighted by Gasteiger charge is 2.27. The zero-order valence-corrected chi connectivity index (χ0v) is 16.8. The van der Waals surface area contributed by atoms with Crippen LogP contribution in [0.1, 0.15) is 0 Å². The molecule has 4 aromatic rings. The van der Waals surface area contributed by atoms with Crippen LogP contribution >= 0.6 is 11.8 Å². The second-order valence-corrected chi connectivity index (χ2v) is 7.49. The third kappa shape index (κ3) is 2.55. The molecule has 0 fully saturated rings. The molecule has 5 rings (SSSR count). The van der Waals surface area contributed by atoms with E-state index in [1.54, 1.807) is 14.2 Å². The first-order valence-electron chi connectivity index (χ1n) is 8.50. The van der Waals surface area contributed by atoms with Crippen LogP contribution in [0.2, 0.25) is 0 Å². The molecule has 0 saturated carbocycles. The zero-order valence-electron chi connectivity index (χ0n) is 15.2. The second-order valence-electron chi connectivity index (χ2n) is 6.44. The van der Waals surface area contributed by atoms with Crippen molar-refractivity contribution in [1.82, 2.24) is 0 Å². The van der Waals surface area contributed by atoms with E-state index in [4.69, 9.17) is 9.47 Å². The highest BCUT2D eigenvalue weighted by Crippen LogP contribution is 2.50. The smallest absolute Gasteiger partial charge is 0.217 e. The Balaban J connectivity index is 0.00000180. The standard InChI is InChI=1S/C22H18NO2S.ClH/c1-23-18-6-4-5-15-17-11-13(24-2)8-10-20(17)26-22(21(15)18)16-9-7-14(25-3)12-19(16)23;/h4-12H,1-3H3;1H/q+1;/p-1. The van der Waals surface area contributed by atoms with Crippen molar-refractivity contribution in [2.75, 3.05) is 14.2 Å². The summed E-state index contributed by atoms with van der Waals surface area (Å²) in [5.74, 6) is 1.77. The molecular formula is C22H18ClNO2S. The molecule has 136 valence electrons. The summed E-state index contributed by atoms with van der Waals surface area (Å²) in [5, 5.41) is 2.55. The molecular weight excluding hydrogens is 378 g/mol.